The Kier molecular flexibility index (Phi) is 3.96. The molecule has 2 aromatic carbocycles. The van der Waals surface area contributed by atoms with Crippen LogP contribution >= 0.6 is 15.9 Å². The van der Waals surface area contributed by atoms with Crippen LogP contribution in [0.2, 0.25) is 0 Å². The maximum absolute atomic E-state index is 3.91. The second kappa shape index (κ2) is 6.05. The number of nitrogens with one attached hydrogen (secondary N) is 1. The number of benzene rings is 2. The third kappa shape index (κ3) is 3.28. The van der Waals surface area contributed by atoms with E-state index in [1.165, 1.54) is 5.56 Å². The molecule has 106 valence electrons. The molecule has 0 aliphatic heterocycles. The van der Waals surface area contributed by atoms with E-state index >= 15 is 0 Å². The standard InChI is InChI=1S/C15H14BrN5/c1-11-7-14(5-6-15(11)21-10-18-19-20-21)17-9-12-3-2-4-13(16)8-12/h2-8,10,17H,9H2,1H3. The first-order valence-corrected chi connectivity index (χ1v) is 7.34. The van der Waals surface area contributed by atoms with Gasteiger partial charge in [0.05, 0.1) is 5.69 Å². The Bertz CT molecular complexity index is 740. The second-order valence-corrected chi connectivity index (χ2v) is 5.65. The van der Waals surface area contributed by atoms with E-state index in [0.29, 0.717) is 0 Å². The minimum atomic E-state index is 0.781. The SMILES string of the molecule is Cc1cc(NCc2cccc(Br)c2)ccc1-n1cnnn1. The Morgan fingerprint density at radius 1 is 1.19 bits per heavy atom. The molecule has 0 aliphatic rings. The predicted octanol–water partition coefficient (Wildman–Crippen LogP) is 3.35. The van der Waals surface area contributed by atoms with E-state index in [1.54, 1.807) is 11.0 Å². The van der Waals surface area contributed by atoms with Crippen molar-refractivity contribution < 1.29 is 0 Å². The molecule has 0 radical (unpaired) electrons. The Hall–Kier alpha value is -2.21. The van der Waals surface area contributed by atoms with E-state index in [2.05, 4.69) is 55.0 Å². The second-order valence-electron chi connectivity index (χ2n) is 4.74. The number of halogens is 1. The summed E-state index contributed by atoms with van der Waals surface area (Å²) in [5.74, 6) is 0. The highest BCUT2D eigenvalue weighted by molar-refractivity contribution is 9.10. The lowest BCUT2D eigenvalue weighted by Crippen LogP contribution is -2.02. The van der Waals surface area contributed by atoms with Gasteiger partial charge in [0.2, 0.25) is 0 Å². The van der Waals surface area contributed by atoms with Gasteiger partial charge in [0, 0.05) is 16.7 Å². The van der Waals surface area contributed by atoms with Gasteiger partial charge in [-0.1, -0.05) is 28.1 Å². The van der Waals surface area contributed by atoms with Crippen LogP contribution in [0.25, 0.3) is 5.69 Å². The summed E-state index contributed by atoms with van der Waals surface area (Å²) in [6, 6.07) is 14.4. The fourth-order valence-corrected chi connectivity index (χ4v) is 2.59. The fraction of sp³-hybridized carbons (Fsp3) is 0.133. The van der Waals surface area contributed by atoms with Crippen molar-refractivity contribution in [1.29, 1.82) is 0 Å². The van der Waals surface area contributed by atoms with Crippen LogP contribution in [0.15, 0.2) is 53.3 Å². The molecule has 1 N–H and O–H groups in total. The molecule has 3 aromatic rings. The fourth-order valence-electron chi connectivity index (χ4n) is 2.15. The molecule has 0 amide bonds. The van der Waals surface area contributed by atoms with Crippen molar-refractivity contribution in [2.45, 2.75) is 13.5 Å². The van der Waals surface area contributed by atoms with Gasteiger partial charge in [-0.15, -0.1) is 5.10 Å². The molecule has 3 rings (SSSR count). The van der Waals surface area contributed by atoms with E-state index in [4.69, 9.17) is 0 Å². The Morgan fingerprint density at radius 2 is 2.10 bits per heavy atom. The first-order valence-electron chi connectivity index (χ1n) is 6.55. The molecule has 21 heavy (non-hydrogen) atoms. The molecule has 0 aliphatic carbocycles. The first-order chi connectivity index (χ1) is 10.2. The van der Waals surface area contributed by atoms with Crippen LogP contribution in [0, 0.1) is 6.92 Å². The largest absolute Gasteiger partial charge is 0.381 e. The molecular weight excluding hydrogens is 330 g/mol. The van der Waals surface area contributed by atoms with Crippen molar-refractivity contribution in [3.05, 3.63) is 64.4 Å². The van der Waals surface area contributed by atoms with E-state index in [-0.39, 0.29) is 0 Å². The van der Waals surface area contributed by atoms with Crippen LogP contribution in [0.5, 0.6) is 0 Å². The van der Waals surface area contributed by atoms with Crippen LogP contribution < -0.4 is 5.32 Å². The van der Waals surface area contributed by atoms with E-state index in [1.807, 2.05) is 31.2 Å². The summed E-state index contributed by atoms with van der Waals surface area (Å²) in [6.07, 6.45) is 1.59. The quantitative estimate of drug-likeness (QED) is 0.789. The first kappa shape index (κ1) is 13.8. The monoisotopic (exact) mass is 343 g/mol. The van der Waals surface area contributed by atoms with E-state index in [0.717, 1.165) is 28.0 Å². The maximum atomic E-state index is 3.91. The lowest BCUT2D eigenvalue weighted by Gasteiger charge is -2.10. The lowest BCUT2D eigenvalue weighted by atomic mass is 10.1. The molecule has 0 saturated heterocycles. The van der Waals surface area contributed by atoms with Gasteiger partial charge in [-0.3, -0.25) is 0 Å². The Balaban J connectivity index is 1.74. The third-order valence-electron chi connectivity index (χ3n) is 3.18. The van der Waals surface area contributed by atoms with Gasteiger partial charge in [-0.25, -0.2) is 4.68 Å². The zero-order valence-corrected chi connectivity index (χ0v) is 13.1. The van der Waals surface area contributed by atoms with Gasteiger partial charge < -0.3 is 5.32 Å². The van der Waals surface area contributed by atoms with Crippen LogP contribution in [0.4, 0.5) is 5.69 Å². The third-order valence-corrected chi connectivity index (χ3v) is 3.67. The number of aryl methyl sites for hydroxylation is 1. The average molecular weight is 344 g/mol. The number of tetrazole rings is 1. The molecule has 1 aromatic heterocycles. The number of hydrogen-bond acceptors (Lipinski definition) is 4. The predicted molar refractivity (Wildman–Crippen MR) is 85.4 cm³/mol. The topological polar surface area (TPSA) is 55.6 Å². The van der Waals surface area contributed by atoms with Crippen LogP contribution in [-0.2, 0) is 6.54 Å². The summed E-state index contributed by atoms with van der Waals surface area (Å²) in [5, 5.41) is 14.6. The van der Waals surface area contributed by atoms with Gasteiger partial charge in [-0.05, 0) is 58.8 Å². The highest BCUT2D eigenvalue weighted by atomic mass is 79.9. The number of nitrogens with zero attached hydrogens (tertiary/aromatic N) is 4. The average Bonchev–Trinajstić information content (AvgIpc) is 2.99. The zero-order chi connectivity index (χ0) is 14.7. The number of rotatable bonds is 4. The van der Waals surface area contributed by atoms with E-state index in [9.17, 15) is 0 Å². The molecule has 0 fully saturated rings. The Morgan fingerprint density at radius 3 is 2.81 bits per heavy atom. The molecule has 1 heterocycles. The summed E-state index contributed by atoms with van der Waals surface area (Å²) in [6.45, 7) is 2.82. The summed E-state index contributed by atoms with van der Waals surface area (Å²) in [5.41, 5.74) is 4.39. The lowest BCUT2D eigenvalue weighted by molar-refractivity contribution is 0.785. The summed E-state index contributed by atoms with van der Waals surface area (Å²) in [4.78, 5) is 0. The molecule has 0 atom stereocenters. The van der Waals surface area contributed by atoms with Crippen molar-refractivity contribution in [1.82, 2.24) is 20.2 Å². The summed E-state index contributed by atoms with van der Waals surface area (Å²) < 4.78 is 2.75. The molecule has 5 nitrogen and oxygen atoms in total. The minimum Gasteiger partial charge on any atom is -0.381 e. The van der Waals surface area contributed by atoms with Gasteiger partial charge in [0.15, 0.2) is 0 Å². The molecule has 0 bridgehead atoms. The van der Waals surface area contributed by atoms with Crippen LogP contribution in [0.1, 0.15) is 11.1 Å². The van der Waals surface area contributed by atoms with E-state index < -0.39 is 0 Å². The summed E-state index contributed by atoms with van der Waals surface area (Å²) >= 11 is 3.48. The molecule has 0 unspecified atom stereocenters. The van der Waals surface area contributed by atoms with Crippen molar-refractivity contribution in [2.24, 2.45) is 0 Å². The van der Waals surface area contributed by atoms with Gasteiger partial charge in [0.1, 0.15) is 6.33 Å². The van der Waals surface area contributed by atoms with Crippen molar-refractivity contribution in [3.63, 3.8) is 0 Å². The van der Waals surface area contributed by atoms with Crippen molar-refractivity contribution in [2.75, 3.05) is 5.32 Å². The van der Waals surface area contributed by atoms with Gasteiger partial charge in [0.25, 0.3) is 0 Å². The van der Waals surface area contributed by atoms with Crippen LogP contribution in [0.3, 0.4) is 0 Å². The smallest absolute Gasteiger partial charge is 0.143 e. The van der Waals surface area contributed by atoms with Gasteiger partial charge >= 0.3 is 0 Å². The zero-order valence-electron chi connectivity index (χ0n) is 11.5. The van der Waals surface area contributed by atoms with Gasteiger partial charge in [-0.2, -0.15) is 0 Å². The highest BCUT2D eigenvalue weighted by Gasteiger charge is 2.03. The van der Waals surface area contributed by atoms with Crippen LogP contribution in [-0.4, -0.2) is 20.2 Å². The number of anilines is 1. The van der Waals surface area contributed by atoms with Crippen molar-refractivity contribution >= 4 is 21.6 Å². The molecule has 0 spiro atoms. The molecule has 6 heteroatoms. The molecule has 0 saturated carbocycles. The minimum absolute atomic E-state index is 0.781. The maximum Gasteiger partial charge on any atom is 0.143 e. The normalized spacial score (nSPS) is 10.6. The highest BCUT2D eigenvalue weighted by Crippen LogP contribution is 2.19. The molecular formula is C15H14BrN5. The number of hydrogen-bond donors (Lipinski definition) is 1. The number of aromatic nitrogens is 4. The summed E-state index contributed by atoms with van der Waals surface area (Å²) in [7, 11) is 0. The Labute approximate surface area is 131 Å². The van der Waals surface area contributed by atoms with Crippen molar-refractivity contribution in [3.8, 4) is 5.69 Å².